The van der Waals surface area contributed by atoms with Crippen molar-refractivity contribution in [1.82, 2.24) is 10.3 Å². The Labute approximate surface area is 114 Å². The third kappa shape index (κ3) is 2.83. The fraction of sp³-hybridized carbons (Fsp3) is 0.308. The molecule has 1 N–H and O–H groups in total. The summed E-state index contributed by atoms with van der Waals surface area (Å²) in [4.78, 5) is 14.4. The lowest BCUT2D eigenvalue weighted by molar-refractivity contribution is -0.384. The summed E-state index contributed by atoms with van der Waals surface area (Å²) < 4.78 is 18.6. The first-order valence-electron chi connectivity index (χ1n) is 6.16. The van der Waals surface area contributed by atoms with Gasteiger partial charge < -0.3 is 9.73 Å². The number of hydrogen-bond acceptors (Lipinski definition) is 5. The maximum Gasteiger partial charge on any atom is 0.283 e. The number of nitro benzene ring substituents is 1. The van der Waals surface area contributed by atoms with Gasteiger partial charge in [-0.2, -0.15) is 0 Å². The Bertz CT molecular complexity index is 627. The monoisotopic (exact) mass is 279 g/mol. The molecule has 0 aliphatic rings. The second-order valence-electron chi connectivity index (χ2n) is 4.26. The predicted molar refractivity (Wildman–Crippen MR) is 70.6 cm³/mol. The number of aromatic nitrogens is 1. The molecule has 0 aliphatic heterocycles. The molecule has 0 saturated carbocycles. The normalized spacial score (nSPS) is 12.3. The quantitative estimate of drug-likeness (QED) is 0.672. The fourth-order valence-corrected chi connectivity index (χ4v) is 1.87. The number of oxazole rings is 1. The van der Waals surface area contributed by atoms with Gasteiger partial charge in [0.05, 0.1) is 28.8 Å². The zero-order chi connectivity index (χ0) is 14.7. The van der Waals surface area contributed by atoms with Crippen LogP contribution in [0, 0.1) is 15.9 Å². The number of hydrogen-bond donors (Lipinski definition) is 1. The molecule has 6 nitrogen and oxygen atoms in total. The number of benzene rings is 1. The Balaban J connectivity index is 2.40. The van der Waals surface area contributed by atoms with Crippen LogP contribution in [0.2, 0.25) is 0 Å². The molecule has 0 saturated heterocycles. The van der Waals surface area contributed by atoms with E-state index in [1.165, 1.54) is 12.3 Å². The van der Waals surface area contributed by atoms with Crippen molar-refractivity contribution in [1.29, 1.82) is 0 Å². The maximum atomic E-state index is 13.1. The van der Waals surface area contributed by atoms with Gasteiger partial charge in [-0.1, -0.05) is 6.92 Å². The lowest BCUT2D eigenvalue weighted by Crippen LogP contribution is -2.17. The van der Waals surface area contributed by atoms with E-state index >= 15 is 0 Å². The molecule has 0 aliphatic carbocycles. The molecule has 1 heterocycles. The third-order valence-corrected chi connectivity index (χ3v) is 2.83. The Morgan fingerprint density at radius 1 is 1.55 bits per heavy atom. The van der Waals surface area contributed by atoms with Crippen LogP contribution >= 0.6 is 0 Å². The molecule has 0 amide bonds. The van der Waals surface area contributed by atoms with Gasteiger partial charge in [-0.3, -0.25) is 10.1 Å². The molecule has 2 rings (SSSR count). The summed E-state index contributed by atoms with van der Waals surface area (Å²) in [5.74, 6) is 0.0122. The summed E-state index contributed by atoms with van der Waals surface area (Å²) in [7, 11) is 0. The Kier molecular flexibility index (Phi) is 4.09. The first-order chi connectivity index (χ1) is 9.52. The molecular weight excluding hydrogens is 265 g/mol. The van der Waals surface area contributed by atoms with E-state index in [0.717, 1.165) is 18.7 Å². The summed E-state index contributed by atoms with van der Waals surface area (Å²) in [5.41, 5.74) is -0.136. The molecule has 0 bridgehead atoms. The van der Waals surface area contributed by atoms with Crippen LogP contribution in [-0.2, 0) is 0 Å². The SMILES string of the molecule is CCNC(C)c1ncc(-c2ccc(F)cc2[N+](=O)[O-])o1. The lowest BCUT2D eigenvalue weighted by Gasteiger charge is -2.06. The van der Waals surface area contributed by atoms with E-state index in [-0.39, 0.29) is 23.1 Å². The average molecular weight is 279 g/mol. The van der Waals surface area contributed by atoms with Crippen molar-refractivity contribution in [3.05, 3.63) is 46.2 Å². The smallest absolute Gasteiger partial charge is 0.283 e. The van der Waals surface area contributed by atoms with Crippen LogP contribution in [0.1, 0.15) is 25.8 Å². The Hall–Kier alpha value is -2.28. The van der Waals surface area contributed by atoms with Gasteiger partial charge in [-0.05, 0) is 25.6 Å². The first kappa shape index (κ1) is 14.1. The van der Waals surface area contributed by atoms with E-state index in [1.54, 1.807) is 0 Å². The topological polar surface area (TPSA) is 81.2 Å². The minimum absolute atomic E-state index is 0.103. The van der Waals surface area contributed by atoms with Crippen LogP contribution < -0.4 is 5.32 Å². The third-order valence-electron chi connectivity index (χ3n) is 2.83. The number of nitrogens with zero attached hydrogens (tertiary/aromatic N) is 2. The molecule has 0 fully saturated rings. The van der Waals surface area contributed by atoms with Crippen molar-refractivity contribution in [3.8, 4) is 11.3 Å². The van der Waals surface area contributed by atoms with Crippen LogP contribution in [0.15, 0.2) is 28.8 Å². The van der Waals surface area contributed by atoms with Crippen molar-refractivity contribution in [3.63, 3.8) is 0 Å². The summed E-state index contributed by atoms with van der Waals surface area (Å²) in [6, 6.07) is 3.23. The number of nitro groups is 1. The minimum atomic E-state index is -0.666. The van der Waals surface area contributed by atoms with Crippen molar-refractivity contribution in [2.45, 2.75) is 19.9 Å². The van der Waals surface area contributed by atoms with Gasteiger partial charge in [-0.15, -0.1) is 0 Å². The van der Waals surface area contributed by atoms with Crippen molar-refractivity contribution in [2.75, 3.05) is 6.54 Å². The van der Waals surface area contributed by atoms with E-state index in [2.05, 4.69) is 10.3 Å². The zero-order valence-electron chi connectivity index (χ0n) is 11.1. The van der Waals surface area contributed by atoms with E-state index < -0.39 is 10.7 Å². The highest BCUT2D eigenvalue weighted by Crippen LogP contribution is 2.31. The highest BCUT2D eigenvalue weighted by Gasteiger charge is 2.21. The van der Waals surface area contributed by atoms with Crippen LogP contribution in [0.25, 0.3) is 11.3 Å². The van der Waals surface area contributed by atoms with Gasteiger partial charge in [0.1, 0.15) is 5.82 Å². The van der Waals surface area contributed by atoms with Gasteiger partial charge in [0.15, 0.2) is 5.76 Å². The van der Waals surface area contributed by atoms with Crippen molar-refractivity contribution >= 4 is 5.69 Å². The maximum absolute atomic E-state index is 13.1. The Morgan fingerprint density at radius 2 is 2.30 bits per heavy atom. The molecule has 1 aromatic heterocycles. The molecule has 106 valence electrons. The van der Waals surface area contributed by atoms with Crippen LogP contribution in [0.5, 0.6) is 0 Å². The molecule has 2 aromatic rings. The van der Waals surface area contributed by atoms with Crippen LogP contribution in [0.4, 0.5) is 10.1 Å². The predicted octanol–water partition coefficient (Wildman–Crippen LogP) is 3.06. The van der Waals surface area contributed by atoms with Gasteiger partial charge in [0, 0.05) is 0 Å². The zero-order valence-corrected chi connectivity index (χ0v) is 11.1. The van der Waals surface area contributed by atoms with Crippen LogP contribution in [0.3, 0.4) is 0 Å². The molecule has 1 atom stereocenters. The van der Waals surface area contributed by atoms with E-state index in [0.29, 0.717) is 5.89 Å². The molecule has 0 radical (unpaired) electrons. The molecular formula is C13H14FN3O3. The number of rotatable bonds is 5. The molecule has 20 heavy (non-hydrogen) atoms. The van der Waals surface area contributed by atoms with Crippen LogP contribution in [-0.4, -0.2) is 16.5 Å². The second-order valence-corrected chi connectivity index (χ2v) is 4.26. The fourth-order valence-electron chi connectivity index (χ4n) is 1.87. The Morgan fingerprint density at radius 3 is 2.95 bits per heavy atom. The molecule has 7 heteroatoms. The van der Waals surface area contributed by atoms with Crippen molar-refractivity contribution < 1.29 is 13.7 Å². The van der Waals surface area contributed by atoms with E-state index in [9.17, 15) is 14.5 Å². The lowest BCUT2D eigenvalue weighted by atomic mass is 10.1. The molecule has 1 aromatic carbocycles. The summed E-state index contributed by atoms with van der Waals surface area (Å²) >= 11 is 0. The van der Waals surface area contributed by atoms with Gasteiger partial charge in [0.2, 0.25) is 5.89 Å². The highest BCUT2D eigenvalue weighted by atomic mass is 19.1. The largest absolute Gasteiger partial charge is 0.439 e. The molecule has 1 unspecified atom stereocenters. The summed E-state index contributed by atoms with van der Waals surface area (Å²) in [5, 5.41) is 14.1. The highest BCUT2D eigenvalue weighted by molar-refractivity contribution is 5.68. The van der Waals surface area contributed by atoms with Gasteiger partial charge in [-0.25, -0.2) is 9.37 Å². The minimum Gasteiger partial charge on any atom is -0.439 e. The first-order valence-corrected chi connectivity index (χ1v) is 6.16. The van der Waals surface area contributed by atoms with E-state index in [1.807, 2.05) is 13.8 Å². The van der Waals surface area contributed by atoms with Crippen molar-refractivity contribution in [2.24, 2.45) is 0 Å². The van der Waals surface area contributed by atoms with Gasteiger partial charge >= 0.3 is 0 Å². The standard InChI is InChI=1S/C13H14FN3O3/c1-3-15-8(2)13-16-7-12(20-13)10-5-4-9(14)6-11(10)17(18)19/h4-8,15H,3H2,1-2H3. The average Bonchev–Trinajstić information content (AvgIpc) is 2.88. The van der Waals surface area contributed by atoms with Gasteiger partial charge in [0.25, 0.3) is 5.69 Å². The van der Waals surface area contributed by atoms with E-state index in [4.69, 9.17) is 4.42 Å². The molecule has 0 spiro atoms. The summed E-state index contributed by atoms with van der Waals surface area (Å²) in [6.07, 6.45) is 1.41. The number of halogens is 1. The number of nitrogens with one attached hydrogen (secondary N) is 1. The second kappa shape index (κ2) is 5.79. The summed E-state index contributed by atoms with van der Waals surface area (Å²) in [6.45, 7) is 4.57.